The number of imidazole rings is 1. The van der Waals surface area contributed by atoms with Gasteiger partial charge in [0.1, 0.15) is 0 Å². The lowest BCUT2D eigenvalue weighted by Gasteiger charge is -2.26. The van der Waals surface area contributed by atoms with E-state index in [1.807, 2.05) is 12.5 Å². The van der Waals surface area contributed by atoms with Crippen LogP contribution in [-0.4, -0.2) is 43.9 Å². The first-order chi connectivity index (χ1) is 11.2. The van der Waals surface area contributed by atoms with E-state index in [-0.39, 0.29) is 12.4 Å². The van der Waals surface area contributed by atoms with E-state index in [1.54, 1.807) is 0 Å². The van der Waals surface area contributed by atoms with Crippen LogP contribution in [0, 0.1) is 13.8 Å². The number of nitrogens with zero attached hydrogens (tertiary/aromatic N) is 5. The Morgan fingerprint density at radius 1 is 1.08 bits per heavy atom. The first-order valence-electron chi connectivity index (χ1n) is 8.97. The second-order valence-electron chi connectivity index (χ2n) is 6.59. The number of hydrogen-bond donors (Lipinski definition) is 0. The summed E-state index contributed by atoms with van der Waals surface area (Å²) in [4.78, 5) is 7.00. The Labute approximate surface area is 151 Å². The lowest BCUT2D eigenvalue weighted by Crippen LogP contribution is -2.31. The summed E-state index contributed by atoms with van der Waals surface area (Å²) in [6.45, 7) is 12.1. The van der Waals surface area contributed by atoms with E-state index in [2.05, 4.69) is 45.0 Å². The lowest BCUT2D eigenvalue weighted by atomic mass is 10.1. The number of halogens is 1. The van der Waals surface area contributed by atoms with Crippen LogP contribution in [0.1, 0.15) is 44.0 Å². The normalized spacial score (nSPS) is 15.5. The van der Waals surface area contributed by atoms with Gasteiger partial charge in [-0.15, -0.1) is 12.4 Å². The van der Waals surface area contributed by atoms with E-state index in [0.717, 1.165) is 18.8 Å². The van der Waals surface area contributed by atoms with Crippen molar-refractivity contribution in [1.82, 2.24) is 24.2 Å². The van der Waals surface area contributed by atoms with E-state index in [4.69, 9.17) is 0 Å². The third-order valence-electron chi connectivity index (χ3n) is 4.97. The molecule has 0 unspecified atom stereocenters. The molecule has 5 nitrogen and oxygen atoms in total. The van der Waals surface area contributed by atoms with Crippen LogP contribution in [0.3, 0.4) is 0 Å². The minimum Gasteiger partial charge on any atom is -0.330 e. The van der Waals surface area contributed by atoms with Gasteiger partial charge in [0.05, 0.1) is 23.9 Å². The number of likely N-dealkylation sites (tertiary alicyclic amines) is 1. The molecule has 2 aromatic heterocycles. The van der Waals surface area contributed by atoms with Crippen molar-refractivity contribution in [1.29, 1.82) is 0 Å². The molecule has 2 aromatic rings. The van der Waals surface area contributed by atoms with Crippen molar-refractivity contribution in [2.24, 2.45) is 0 Å². The Bertz CT molecular complexity index is 640. The molecule has 1 aliphatic heterocycles. The van der Waals surface area contributed by atoms with E-state index in [9.17, 15) is 0 Å². The molecule has 0 amide bonds. The molecule has 0 radical (unpaired) electrons. The van der Waals surface area contributed by atoms with Gasteiger partial charge in [-0.05, 0) is 59.7 Å². The molecule has 0 aromatic carbocycles. The van der Waals surface area contributed by atoms with Gasteiger partial charge in [-0.2, -0.15) is 5.10 Å². The van der Waals surface area contributed by atoms with Gasteiger partial charge in [0, 0.05) is 24.3 Å². The minimum absolute atomic E-state index is 0. The molecular formula is C18H30ClN5. The quantitative estimate of drug-likeness (QED) is 0.796. The van der Waals surface area contributed by atoms with E-state index >= 15 is 0 Å². The van der Waals surface area contributed by atoms with Gasteiger partial charge in [-0.25, -0.2) is 4.98 Å². The zero-order chi connectivity index (χ0) is 16.2. The van der Waals surface area contributed by atoms with Crippen LogP contribution < -0.4 is 0 Å². The monoisotopic (exact) mass is 351 g/mol. The zero-order valence-corrected chi connectivity index (χ0v) is 16.0. The van der Waals surface area contributed by atoms with Crippen LogP contribution in [0.2, 0.25) is 0 Å². The molecule has 1 saturated heterocycles. The van der Waals surface area contributed by atoms with Crippen LogP contribution in [0.15, 0.2) is 12.5 Å². The maximum Gasteiger partial charge on any atom is 0.0950 e. The summed E-state index contributed by atoms with van der Waals surface area (Å²) in [6, 6.07) is 0. The average molecular weight is 352 g/mol. The number of piperidine rings is 1. The molecule has 0 spiro atoms. The Morgan fingerprint density at radius 2 is 1.83 bits per heavy atom. The standard InChI is InChI=1S/C18H29N5.ClH/c1-4-23-16(3)18(15(2)20-23)17-13-19-14-22(17)12-8-11-21-9-6-5-7-10-21;/h13-14H,4-12H2,1-3H3;1H. The van der Waals surface area contributed by atoms with Crippen molar-refractivity contribution < 1.29 is 0 Å². The largest absolute Gasteiger partial charge is 0.330 e. The molecule has 3 rings (SSSR count). The number of hydrogen-bond acceptors (Lipinski definition) is 3. The lowest BCUT2D eigenvalue weighted by molar-refractivity contribution is 0.223. The fraction of sp³-hybridized carbons (Fsp3) is 0.667. The van der Waals surface area contributed by atoms with Crippen LogP contribution in [0.25, 0.3) is 11.3 Å². The van der Waals surface area contributed by atoms with Crippen molar-refractivity contribution in [3.05, 3.63) is 23.9 Å². The smallest absolute Gasteiger partial charge is 0.0950 e. The van der Waals surface area contributed by atoms with Crippen molar-refractivity contribution >= 4 is 12.4 Å². The van der Waals surface area contributed by atoms with Crippen LogP contribution in [0.5, 0.6) is 0 Å². The first-order valence-corrected chi connectivity index (χ1v) is 8.97. The Hall–Kier alpha value is -1.33. The number of aromatic nitrogens is 4. The summed E-state index contributed by atoms with van der Waals surface area (Å²) in [6.07, 6.45) is 9.27. The highest BCUT2D eigenvalue weighted by molar-refractivity contribution is 5.85. The molecule has 1 aliphatic rings. The molecule has 6 heteroatoms. The van der Waals surface area contributed by atoms with Crippen molar-refractivity contribution in [3.63, 3.8) is 0 Å². The van der Waals surface area contributed by atoms with Gasteiger partial charge >= 0.3 is 0 Å². The van der Waals surface area contributed by atoms with Gasteiger partial charge in [0.25, 0.3) is 0 Å². The molecule has 0 aliphatic carbocycles. The fourth-order valence-electron chi connectivity index (χ4n) is 3.73. The van der Waals surface area contributed by atoms with Crippen LogP contribution in [0.4, 0.5) is 0 Å². The van der Waals surface area contributed by atoms with E-state index in [0.29, 0.717) is 0 Å². The van der Waals surface area contributed by atoms with Crippen molar-refractivity contribution in [2.45, 2.75) is 59.5 Å². The first kappa shape index (κ1) is 19.0. The zero-order valence-electron chi connectivity index (χ0n) is 15.2. The molecule has 0 bridgehead atoms. The summed E-state index contributed by atoms with van der Waals surface area (Å²) in [7, 11) is 0. The van der Waals surface area contributed by atoms with Crippen molar-refractivity contribution in [3.8, 4) is 11.3 Å². The van der Waals surface area contributed by atoms with Gasteiger partial charge in [-0.1, -0.05) is 6.42 Å². The second-order valence-corrected chi connectivity index (χ2v) is 6.59. The second kappa shape index (κ2) is 8.67. The molecule has 1 fully saturated rings. The highest BCUT2D eigenvalue weighted by atomic mass is 35.5. The molecule has 0 N–H and O–H groups in total. The number of aryl methyl sites for hydroxylation is 3. The third-order valence-corrected chi connectivity index (χ3v) is 4.97. The van der Waals surface area contributed by atoms with Gasteiger partial charge in [0.15, 0.2) is 0 Å². The number of rotatable bonds is 6. The van der Waals surface area contributed by atoms with Crippen LogP contribution >= 0.6 is 12.4 Å². The predicted octanol–water partition coefficient (Wildman–Crippen LogP) is 3.68. The van der Waals surface area contributed by atoms with Gasteiger partial charge < -0.3 is 9.47 Å². The molecular weight excluding hydrogens is 322 g/mol. The maximum absolute atomic E-state index is 4.65. The summed E-state index contributed by atoms with van der Waals surface area (Å²) in [5.41, 5.74) is 4.80. The predicted molar refractivity (Wildman–Crippen MR) is 101 cm³/mol. The Balaban J connectivity index is 0.00000208. The molecule has 3 heterocycles. The summed E-state index contributed by atoms with van der Waals surface area (Å²) >= 11 is 0. The summed E-state index contributed by atoms with van der Waals surface area (Å²) < 4.78 is 4.37. The third kappa shape index (κ3) is 4.01. The average Bonchev–Trinajstić information content (AvgIpc) is 3.12. The van der Waals surface area contributed by atoms with Crippen LogP contribution in [-0.2, 0) is 13.1 Å². The highest BCUT2D eigenvalue weighted by Gasteiger charge is 2.16. The maximum atomic E-state index is 4.65. The molecule has 24 heavy (non-hydrogen) atoms. The van der Waals surface area contributed by atoms with E-state index in [1.165, 1.54) is 62.3 Å². The fourth-order valence-corrected chi connectivity index (χ4v) is 3.73. The molecule has 0 atom stereocenters. The SMILES string of the molecule is CCn1nc(C)c(-c2cncn2CCCN2CCCCC2)c1C.Cl. The minimum atomic E-state index is 0. The van der Waals surface area contributed by atoms with E-state index < -0.39 is 0 Å². The van der Waals surface area contributed by atoms with Gasteiger partial charge in [-0.3, -0.25) is 4.68 Å². The Kier molecular flexibility index (Phi) is 6.87. The summed E-state index contributed by atoms with van der Waals surface area (Å²) in [5, 5.41) is 4.65. The molecule has 134 valence electrons. The summed E-state index contributed by atoms with van der Waals surface area (Å²) in [5.74, 6) is 0. The van der Waals surface area contributed by atoms with Crippen molar-refractivity contribution in [2.75, 3.05) is 19.6 Å². The topological polar surface area (TPSA) is 38.9 Å². The Morgan fingerprint density at radius 3 is 2.50 bits per heavy atom. The molecule has 0 saturated carbocycles. The van der Waals surface area contributed by atoms with Gasteiger partial charge in [0.2, 0.25) is 0 Å². The highest BCUT2D eigenvalue weighted by Crippen LogP contribution is 2.27.